The van der Waals surface area contributed by atoms with Crippen molar-refractivity contribution in [2.75, 3.05) is 6.54 Å². The molecule has 2 amide bonds. The summed E-state index contributed by atoms with van der Waals surface area (Å²) in [4.78, 5) is 29.0. The fourth-order valence-corrected chi connectivity index (χ4v) is 6.02. The second-order valence-electron chi connectivity index (χ2n) is 10.5. The minimum atomic E-state index is -0.576. The minimum Gasteiger partial charge on any atom is -0.342 e. The zero-order valence-electron chi connectivity index (χ0n) is 21.5. The van der Waals surface area contributed by atoms with Gasteiger partial charge in [-0.15, -0.1) is 0 Å². The SMILES string of the molecule is NCCCCC1C(=O)NC(Cc2ccc3ccccc3c2)C(=O)N1Cc1ccc2c(c1)Cc1ccccc1-2. The van der Waals surface area contributed by atoms with Crippen LogP contribution in [0, 0.1) is 0 Å². The number of nitrogens with zero attached hydrogens (tertiary/aromatic N) is 1. The van der Waals surface area contributed by atoms with Gasteiger partial charge >= 0.3 is 0 Å². The lowest BCUT2D eigenvalue weighted by molar-refractivity contribution is -0.150. The maximum atomic E-state index is 13.9. The fraction of sp³-hybridized carbons (Fsp3) is 0.273. The van der Waals surface area contributed by atoms with Gasteiger partial charge in [-0.1, -0.05) is 84.9 Å². The number of nitrogens with two attached hydrogens (primary N) is 1. The lowest BCUT2D eigenvalue weighted by Gasteiger charge is -2.39. The van der Waals surface area contributed by atoms with Crippen molar-refractivity contribution in [2.24, 2.45) is 5.73 Å². The van der Waals surface area contributed by atoms with E-state index in [9.17, 15) is 9.59 Å². The second kappa shape index (κ2) is 10.4. The van der Waals surface area contributed by atoms with Crippen molar-refractivity contribution in [1.82, 2.24) is 10.2 Å². The van der Waals surface area contributed by atoms with E-state index in [0.717, 1.165) is 41.2 Å². The highest BCUT2D eigenvalue weighted by Gasteiger charge is 2.40. The maximum absolute atomic E-state index is 13.9. The molecule has 0 radical (unpaired) electrons. The van der Waals surface area contributed by atoms with E-state index in [0.29, 0.717) is 25.9 Å². The Hall–Kier alpha value is -3.96. The summed E-state index contributed by atoms with van der Waals surface area (Å²) >= 11 is 0. The van der Waals surface area contributed by atoms with Gasteiger partial charge in [0.05, 0.1) is 0 Å². The third-order valence-corrected chi connectivity index (χ3v) is 7.97. The summed E-state index contributed by atoms with van der Waals surface area (Å²) in [6, 6.07) is 28.4. The van der Waals surface area contributed by atoms with Crippen LogP contribution in [0.3, 0.4) is 0 Å². The highest BCUT2D eigenvalue weighted by atomic mass is 16.2. The first-order valence-corrected chi connectivity index (χ1v) is 13.6. The largest absolute Gasteiger partial charge is 0.342 e. The van der Waals surface area contributed by atoms with Crippen LogP contribution in [-0.4, -0.2) is 35.3 Å². The smallest absolute Gasteiger partial charge is 0.246 e. The second-order valence-corrected chi connectivity index (χ2v) is 10.5. The molecule has 5 nitrogen and oxygen atoms in total. The van der Waals surface area contributed by atoms with Gasteiger partial charge in [0.1, 0.15) is 12.1 Å². The van der Waals surface area contributed by atoms with E-state index in [4.69, 9.17) is 5.73 Å². The molecule has 1 aliphatic heterocycles. The van der Waals surface area contributed by atoms with Crippen molar-refractivity contribution in [3.8, 4) is 11.1 Å². The number of rotatable bonds is 8. The quantitative estimate of drug-likeness (QED) is 0.293. The van der Waals surface area contributed by atoms with Crippen molar-refractivity contribution in [3.05, 3.63) is 107 Å². The molecule has 1 heterocycles. The van der Waals surface area contributed by atoms with Crippen LogP contribution in [0.15, 0.2) is 84.9 Å². The Morgan fingerprint density at radius 3 is 2.42 bits per heavy atom. The Morgan fingerprint density at radius 2 is 1.55 bits per heavy atom. The molecule has 1 fully saturated rings. The van der Waals surface area contributed by atoms with Crippen LogP contribution in [-0.2, 0) is 29.0 Å². The first kappa shape index (κ1) is 24.4. The van der Waals surface area contributed by atoms with E-state index in [1.165, 1.54) is 22.3 Å². The molecule has 3 N–H and O–H groups in total. The van der Waals surface area contributed by atoms with Crippen LogP contribution >= 0.6 is 0 Å². The average Bonchev–Trinajstić information content (AvgIpc) is 3.31. The molecule has 0 saturated carbocycles. The standard InChI is InChI=1S/C33H33N3O2/c34-16-6-5-11-31-32(37)35-30(19-22-12-14-24-7-1-2-8-25(24)17-22)33(38)36(31)21-23-13-15-29-27(18-23)20-26-9-3-4-10-28(26)29/h1-4,7-10,12-15,17-18,30-31H,5-6,11,16,19-21,34H2,(H,35,37). The molecule has 5 heteroatoms. The van der Waals surface area contributed by atoms with Crippen LogP contribution in [0.25, 0.3) is 21.9 Å². The number of benzene rings is 4. The Labute approximate surface area is 223 Å². The molecule has 0 bridgehead atoms. The predicted molar refractivity (Wildman–Crippen MR) is 152 cm³/mol. The number of fused-ring (bicyclic) bond motifs is 4. The van der Waals surface area contributed by atoms with Gasteiger partial charge in [-0.25, -0.2) is 0 Å². The summed E-state index contributed by atoms with van der Waals surface area (Å²) < 4.78 is 0. The van der Waals surface area contributed by atoms with Crippen molar-refractivity contribution >= 4 is 22.6 Å². The van der Waals surface area contributed by atoms with Gasteiger partial charge in [0.25, 0.3) is 0 Å². The minimum absolute atomic E-state index is 0.0145. The molecule has 1 aliphatic carbocycles. The molecule has 2 aliphatic rings. The number of carbonyl (C=O) groups excluding carboxylic acids is 2. The molecular formula is C33H33N3O2. The first-order valence-electron chi connectivity index (χ1n) is 13.6. The van der Waals surface area contributed by atoms with E-state index in [-0.39, 0.29) is 11.8 Å². The summed E-state index contributed by atoms with van der Waals surface area (Å²) in [5, 5.41) is 5.34. The molecule has 0 aromatic heterocycles. The monoisotopic (exact) mass is 503 g/mol. The molecule has 6 rings (SSSR count). The van der Waals surface area contributed by atoms with Crippen molar-refractivity contribution < 1.29 is 9.59 Å². The number of hydrogen-bond donors (Lipinski definition) is 2. The van der Waals surface area contributed by atoms with E-state index < -0.39 is 12.1 Å². The molecule has 2 atom stereocenters. The molecule has 4 aromatic rings. The third kappa shape index (κ3) is 4.70. The molecule has 0 spiro atoms. The number of hydrogen-bond acceptors (Lipinski definition) is 3. The van der Waals surface area contributed by atoms with Crippen molar-refractivity contribution in [2.45, 2.75) is 50.7 Å². The number of carbonyl (C=O) groups is 2. The van der Waals surface area contributed by atoms with E-state index in [2.05, 4.69) is 78.1 Å². The number of nitrogens with one attached hydrogen (secondary N) is 1. The van der Waals surface area contributed by atoms with Gasteiger partial charge in [0.15, 0.2) is 0 Å². The molecule has 4 aromatic carbocycles. The Morgan fingerprint density at radius 1 is 0.789 bits per heavy atom. The highest BCUT2D eigenvalue weighted by Crippen LogP contribution is 2.37. The van der Waals surface area contributed by atoms with E-state index in [1.54, 1.807) is 0 Å². The lowest BCUT2D eigenvalue weighted by Crippen LogP contribution is -2.63. The van der Waals surface area contributed by atoms with E-state index in [1.807, 2.05) is 17.0 Å². The molecule has 38 heavy (non-hydrogen) atoms. The van der Waals surface area contributed by atoms with Crippen molar-refractivity contribution in [3.63, 3.8) is 0 Å². The summed E-state index contributed by atoms with van der Waals surface area (Å²) in [7, 11) is 0. The topological polar surface area (TPSA) is 75.4 Å². The number of amides is 2. The summed E-state index contributed by atoms with van der Waals surface area (Å²) in [5.41, 5.74) is 13.0. The van der Waals surface area contributed by atoms with Gasteiger partial charge in [-0.3, -0.25) is 9.59 Å². The Balaban J connectivity index is 1.26. The average molecular weight is 504 g/mol. The normalized spacial score (nSPS) is 18.4. The zero-order chi connectivity index (χ0) is 26.1. The first-order chi connectivity index (χ1) is 18.6. The van der Waals surface area contributed by atoms with Crippen LogP contribution in [0.1, 0.15) is 41.5 Å². The van der Waals surface area contributed by atoms with Crippen LogP contribution in [0.2, 0.25) is 0 Å². The van der Waals surface area contributed by atoms with Gasteiger partial charge in [0, 0.05) is 13.0 Å². The van der Waals surface area contributed by atoms with E-state index >= 15 is 0 Å². The fourth-order valence-electron chi connectivity index (χ4n) is 6.02. The van der Waals surface area contributed by atoms with Crippen molar-refractivity contribution in [1.29, 1.82) is 0 Å². The van der Waals surface area contributed by atoms with Crippen LogP contribution in [0.5, 0.6) is 0 Å². The Kier molecular flexibility index (Phi) is 6.69. The third-order valence-electron chi connectivity index (χ3n) is 7.97. The summed E-state index contributed by atoms with van der Waals surface area (Å²) in [5.74, 6) is -0.0831. The molecule has 2 unspecified atom stereocenters. The highest BCUT2D eigenvalue weighted by molar-refractivity contribution is 5.97. The van der Waals surface area contributed by atoms with Gasteiger partial charge in [-0.05, 0) is 76.4 Å². The molecular weight excluding hydrogens is 470 g/mol. The van der Waals surface area contributed by atoms with Gasteiger partial charge in [-0.2, -0.15) is 0 Å². The van der Waals surface area contributed by atoms with Crippen LogP contribution in [0.4, 0.5) is 0 Å². The lowest BCUT2D eigenvalue weighted by atomic mass is 9.95. The summed E-state index contributed by atoms with van der Waals surface area (Å²) in [6.45, 7) is 1.01. The summed E-state index contributed by atoms with van der Waals surface area (Å²) in [6.07, 6.45) is 3.64. The predicted octanol–water partition coefficient (Wildman–Crippen LogP) is 4.98. The van der Waals surface area contributed by atoms with Crippen LogP contribution < -0.4 is 11.1 Å². The number of unbranched alkanes of at least 4 members (excludes halogenated alkanes) is 1. The molecule has 1 saturated heterocycles. The number of piperazine rings is 1. The van der Waals surface area contributed by atoms with Gasteiger partial charge in [0.2, 0.25) is 11.8 Å². The Bertz CT molecular complexity index is 1510. The van der Waals surface area contributed by atoms with Gasteiger partial charge < -0.3 is 16.0 Å². The molecule has 192 valence electrons. The zero-order valence-corrected chi connectivity index (χ0v) is 21.5. The maximum Gasteiger partial charge on any atom is 0.246 e.